The normalized spacial score (nSPS) is 13.6. The van der Waals surface area contributed by atoms with E-state index >= 15 is 0 Å². The number of methoxy groups -OCH3 is 1. The minimum absolute atomic E-state index is 0. The van der Waals surface area contributed by atoms with Crippen LogP contribution in [0.25, 0.3) is 0 Å². The maximum absolute atomic E-state index is 12.3. The van der Waals surface area contributed by atoms with Gasteiger partial charge in [-0.25, -0.2) is 0 Å². The second kappa shape index (κ2) is 9.41. The van der Waals surface area contributed by atoms with E-state index in [1.54, 1.807) is 7.11 Å². The molecule has 0 spiro atoms. The van der Waals surface area contributed by atoms with Crippen LogP contribution in [0.4, 0.5) is 0 Å². The van der Waals surface area contributed by atoms with Crippen molar-refractivity contribution in [3.63, 3.8) is 0 Å². The lowest BCUT2D eigenvalue weighted by molar-refractivity contribution is -0.131. The molecular formula is C15H22BrClN2O2. The topological polar surface area (TPSA) is 41.6 Å². The Hall–Kier alpha value is -0.620. The number of carbonyl (C=O) groups is 1. The number of hydrogen-bond donors (Lipinski definition) is 1. The summed E-state index contributed by atoms with van der Waals surface area (Å²) in [6, 6.07) is 8.56. The largest absolute Gasteiger partial charge is 0.383 e. The first-order valence-electron chi connectivity index (χ1n) is 6.94. The molecule has 0 aliphatic heterocycles. The van der Waals surface area contributed by atoms with Gasteiger partial charge in [0.2, 0.25) is 5.91 Å². The van der Waals surface area contributed by atoms with Gasteiger partial charge in [-0.1, -0.05) is 28.1 Å². The lowest BCUT2D eigenvalue weighted by Gasteiger charge is -2.23. The number of rotatable bonds is 8. The smallest absolute Gasteiger partial charge is 0.237 e. The van der Waals surface area contributed by atoms with E-state index in [-0.39, 0.29) is 18.3 Å². The summed E-state index contributed by atoms with van der Waals surface area (Å²) >= 11 is 3.47. The number of nitrogens with zero attached hydrogens (tertiary/aromatic N) is 1. The van der Waals surface area contributed by atoms with Crippen LogP contribution in [0.1, 0.15) is 18.4 Å². The fourth-order valence-electron chi connectivity index (χ4n) is 2.11. The monoisotopic (exact) mass is 376 g/mol. The van der Waals surface area contributed by atoms with Gasteiger partial charge in [-0.3, -0.25) is 4.79 Å². The molecule has 1 aliphatic rings. The van der Waals surface area contributed by atoms with E-state index in [0.717, 1.165) is 22.9 Å². The van der Waals surface area contributed by atoms with E-state index in [0.29, 0.717) is 32.3 Å². The summed E-state index contributed by atoms with van der Waals surface area (Å²) in [5, 5.41) is 3.12. The Morgan fingerprint density at radius 1 is 1.48 bits per heavy atom. The third-order valence-corrected chi connectivity index (χ3v) is 3.80. The maximum atomic E-state index is 12.3. The van der Waals surface area contributed by atoms with Crippen LogP contribution in [0, 0.1) is 0 Å². The first-order chi connectivity index (χ1) is 9.70. The molecular weight excluding hydrogens is 356 g/mol. The van der Waals surface area contributed by atoms with Crippen molar-refractivity contribution in [1.29, 1.82) is 0 Å². The Bertz CT molecular complexity index is 455. The maximum Gasteiger partial charge on any atom is 0.237 e. The van der Waals surface area contributed by atoms with Crippen LogP contribution in [-0.4, -0.2) is 43.7 Å². The second-order valence-corrected chi connectivity index (χ2v) is 5.97. The van der Waals surface area contributed by atoms with Gasteiger partial charge >= 0.3 is 0 Å². The Labute approximate surface area is 140 Å². The fourth-order valence-corrected chi connectivity index (χ4v) is 2.56. The molecule has 1 aromatic rings. The van der Waals surface area contributed by atoms with Gasteiger partial charge in [0, 0.05) is 30.7 Å². The zero-order valence-corrected chi connectivity index (χ0v) is 14.6. The van der Waals surface area contributed by atoms with Crippen LogP contribution >= 0.6 is 28.3 Å². The molecule has 0 radical (unpaired) electrons. The third-order valence-electron chi connectivity index (χ3n) is 3.31. The predicted molar refractivity (Wildman–Crippen MR) is 89.7 cm³/mol. The van der Waals surface area contributed by atoms with Gasteiger partial charge in [-0.15, -0.1) is 12.4 Å². The quantitative estimate of drug-likeness (QED) is 0.708. The first-order valence-corrected chi connectivity index (χ1v) is 7.73. The van der Waals surface area contributed by atoms with Crippen LogP contribution in [-0.2, 0) is 16.1 Å². The van der Waals surface area contributed by atoms with Crippen LogP contribution in [0.3, 0.4) is 0 Å². The number of amides is 1. The molecule has 1 amide bonds. The molecule has 1 saturated carbocycles. The molecule has 118 valence electrons. The van der Waals surface area contributed by atoms with Crippen molar-refractivity contribution in [2.24, 2.45) is 0 Å². The molecule has 0 aromatic heterocycles. The van der Waals surface area contributed by atoms with Crippen LogP contribution in [0.15, 0.2) is 28.7 Å². The van der Waals surface area contributed by atoms with Crippen LogP contribution in [0.2, 0.25) is 0 Å². The summed E-state index contributed by atoms with van der Waals surface area (Å²) < 4.78 is 6.01. The van der Waals surface area contributed by atoms with Gasteiger partial charge in [0.25, 0.3) is 0 Å². The molecule has 21 heavy (non-hydrogen) atoms. The lowest BCUT2D eigenvalue weighted by Crippen LogP contribution is -2.40. The van der Waals surface area contributed by atoms with Gasteiger partial charge in [-0.05, 0) is 30.5 Å². The first kappa shape index (κ1) is 18.4. The Kier molecular flexibility index (Phi) is 8.26. The van der Waals surface area contributed by atoms with Crippen molar-refractivity contribution in [2.75, 3.05) is 26.8 Å². The van der Waals surface area contributed by atoms with E-state index in [1.165, 1.54) is 0 Å². The molecule has 1 N–H and O–H groups in total. The van der Waals surface area contributed by atoms with Gasteiger partial charge < -0.3 is 15.0 Å². The molecule has 1 aliphatic carbocycles. The number of ether oxygens (including phenoxy) is 1. The van der Waals surface area contributed by atoms with E-state index in [9.17, 15) is 4.79 Å². The van der Waals surface area contributed by atoms with Crippen LogP contribution < -0.4 is 5.32 Å². The van der Waals surface area contributed by atoms with Gasteiger partial charge in [0.1, 0.15) is 0 Å². The number of halogens is 2. The van der Waals surface area contributed by atoms with Crippen molar-refractivity contribution in [1.82, 2.24) is 10.2 Å². The fraction of sp³-hybridized carbons (Fsp3) is 0.533. The average molecular weight is 378 g/mol. The summed E-state index contributed by atoms with van der Waals surface area (Å²) in [5.41, 5.74) is 1.16. The van der Waals surface area contributed by atoms with Crippen molar-refractivity contribution in [2.45, 2.75) is 25.4 Å². The Morgan fingerprint density at radius 2 is 2.24 bits per heavy atom. The molecule has 0 saturated heterocycles. The second-order valence-electron chi connectivity index (χ2n) is 5.05. The van der Waals surface area contributed by atoms with Crippen molar-refractivity contribution in [3.05, 3.63) is 34.3 Å². The molecule has 1 aromatic carbocycles. The lowest BCUT2D eigenvalue weighted by atomic mass is 10.2. The summed E-state index contributed by atoms with van der Waals surface area (Å²) in [4.78, 5) is 14.3. The predicted octanol–water partition coefficient (Wildman–Crippen LogP) is 2.60. The number of hydrogen-bond acceptors (Lipinski definition) is 3. The van der Waals surface area contributed by atoms with E-state index < -0.39 is 0 Å². The highest BCUT2D eigenvalue weighted by Crippen LogP contribution is 2.28. The van der Waals surface area contributed by atoms with E-state index in [2.05, 4.69) is 33.4 Å². The summed E-state index contributed by atoms with van der Waals surface area (Å²) in [6.07, 6.45) is 2.25. The third kappa shape index (κ3) is 6.34. The van der Waals surface area contributed by atoms with Crippen molar-refractivity contribution >= 4 is 34.2 Å². The highest BCUT2D eigenvalue weighted by atomic mass is 79.9. The van der Waals surface area contributed by atoms with Gasteiger partial charge in [0.15, 0.2) is 0 Å². The average Bonchev–Trinajstić information content (AvgIpc) is 3.25. The molecule has 6 heteroatoms. The SMILES string of the molecule is COCCNCC(=O)N(Cc1cccc(Br)c1)C1CC1.Cl. The molecule has 4 nitrogen and oxygen atoms in total. The summed E-state index contributed by atoms with van der Waals surface area (Å²) in [7, 11) is 1.66. The molecule has 0 bridgehead atoms. The highest BCUT2D eigenvalue weighted by molar-refractivity contribution is 9.10. The summed E-state index contributed by atoms with van der Waals surface area (Å²) in [6.45, 7) is 2.41. The van der Waals surface area contributed by atoms with E-state index in [4.69, 9.17) is 4.74 Å². The van der Waals surface area contributed by atoms with Crippen molar-refractivity contribution in [3.8, 4) is 0 Å². The Balaban J connectivity index is 0.00000220. The number of benzene rings is 1. The highest BCUT2D eigenvalue weighted by Gasteiger charge is 2.32. The van der Waals surface area contributed by atoms with Crippen molar-refractivity contribution < 1.29 is 9.53 Å². The number of nitrogens with one attached hydrogen (secondary N) is 1. The molecule has 0 atom stereocenters. The number of carbonyl (C=O) groups excluding carboxylic acids is 1. The zero-order valence-electron chi connectivity index (χ0n) is 12.2. The van der Waals surface area contributed by atoms with Crippen LogP contribution in [0.5, 0.6) is 0 Å². The van der Waals surface area contributed by atoms with Gasteiger partial charge in [-0.2, -0.15) is 0 Å². The minimum Gasteiger partial charge on any atom is -0.383 e. The molecule has 1 fully saturated rings. The van der Waals surface area contributed by atoms with Gasteiger partial charge in [0.05, 0.1) is 13.2 Å². The molecule has 2 rings (SSSR count). The molecule has 0 heterocycles. The molecule has 0 unspecified atom stereocenters. The summed E-state index contributed by atoms with van der Waals surface area (Å²) in [5.74, 6) is 0.170. The zero-order chi connectivity index (χ0) is 14.4. The van der Waals surface area contributed by atoms with E-state index in [1.807, 2.05) is 17.0 Å². The Morgan fingerprint density at radius 3 is 2.86 bits per heavy atom. The standard InChI is InChI=1S/C15H21BrN2O2.ClH/c1-20-8-7-17-10-15(19)18(14-5-6-14)11-12-3-2-4-13(16)9-12;/h2-4,9,14,17H,5-8,10-11H2,1H3;1H. The minimum atomic E-state index is 0.